The van der Waals surface area contributed by atoms with E-state index in [-0.39, 0.29) is 19.6 Å². The number of rotatable bonds is 2. The first-order chi connectivity index (χ1) is 14.7. The van der Waals surface area contributed by atoms with Gasteiger partial charge >= 0.3 is 0 Å². The van der Waals surface area contributed by atoms with Crippen molar-refractivity contribution >= 4 is 23.4 Å². The number of benzene rings is 2. The van der Waals surface area contributed by atoms with Crippen LogP contribution in [-0.4, -0.2) is 18.7 Å². The van der Waals surface area contributed by atoms with Crippen LogP contribution >= 0.6 is 12.2 Å². The first-order valence-electron chi connectivity index (χ1n) is 10.1. The molecule has 30 heavy (non-hydrogen) atoms. The van der Waals surface area contributed by atoms with Crippen LogP contribution in [0.15, 0.2) is 53.2 Å². The Balaban J connectivity index is 1.39. The van der Waals surface area contributed by atoms with Gasteiger partial charge in [-0.3, -0.25) is 0 Å². The van der Waals surface area contributed by atoms with E-state index in [1.807, 2.05) is 24.3 Å². The summed E-state index contributed by atoms with van der Waals surface area (Å²) in [7, 11) is 0. The summed E-state index contributed by atoms with van der Waals surface area (Å²) in [5, 5.41) is 7.49. The van der Waals surface area contributed by atoms with Crippen molar-refractivity contribution in [1.82, 2.24) is 10.6 Å². The number of thiocarbonyl (C=S) groups is 1. The van der Waals surface area contributed by atoms with Crippen LogP contribution in [0.25, 0.3) is 6.08 Å². The quantitative estimate of drug-likeness (QED) is 0.707. The highest BCUT2D eigenvalue weighted by Crippen LogP contribution is 2.42. The molecule has 0 bridgehead atoms. The molecule has 2 N–H and O–H groups in total. The van der Waals surface area contributed by atoms with Crippen LogP contribution in [0.5, 0.6) is 23.0 Å². The molecule has 0 radical (unpaired) electrons. The number of ether oxygens (including phenoxy) is 4. The minimum absolute atomic E-state index is 0.0173. The van der Waals surface area contributed by atoms with Gasteiger partial charge in [0, 0.05) is 5.70 Å². The van der Waals surface area contributed by atoms with Crippen LogP contribution in [0, 0.1) is 0 Å². The second kappa shape index (κ2) is 6.95. The maximum absolute atomic E-state index is 5.58. The fourth-order valence-corrected chi connectivity index (χ4v) is 4.69. The summed E-state index contributed by atoms with van der Waals surface area (Å²) in [5.41, 5.74) is 5.92. The highest BCUT2D eigenvalue weighted by molar-refractivity contribution is 7.80. The highest BCUT2D eigenvalue weighted by atomic mass is 32.1. The number of hydrogen-bond donors (Lipinski definition) is 2. The summed E-state index contributed by atoms with van der Waals surface area (Å²) in [6, 6.07) is 12.2. The molecule has 2 aromatic rings. The van der Waals surface area contributed by atoms with Crippen molar-refractivity contribution in [2.45, 2.75) is 25.3 Å². The predicted molar refractivity (Wildman–Crippen MR) is 116 cm³/mol. The average Bonchev–Trinajstić information content (AvgIpc) is 3.42. The lowest BCUT2D eigenvalue weighted by Crippen LogP contribution is -2.45. The third kappa shape index (κ3) is 2.97. The third-order valence-corrected chi connectivity index (χ3v) is 6.08. The first-order valence-corrected chi connectivity index (χ1v) is 10.5. The van der Waals surface area contributed by atoms with Gasteiger partial charge in [-0.05, 0) is 84.1 Å². The summed E-state index contributed by atoms with van der Waals surface area (Å²) in [5.74, 6) is 3.16. The lowest BCUT2D eigenvalue weighted by atomic mass is 9.83. The minimum atomic E-state index is 0.0173. The van der Waals surface area contributed by atoms with Gasteiger partial charge in [0.1, 0.15) is 0 Å². The zero-order valence-electron chi connectivity index (χ0n) is 16.2. The highest BCUT2D eigenvalue weighted by Gasteiger charge is 2.31. The van der Waals surface area contributed by atoms with Crippen molar-refractivity contribution in [3.8, 4) is 23.0 Å². The van der Waals surface area contributed by atoms with E-state index in [0.29, 0.717) is 5.11 Å². The fourth-order valence-electron chi connectivity index (χ4n) is 4.47. The summed E-state index contributed by atoms with van der Waals surface area (Å²) < 4.78 is 22.0. The van der Waals surface area contributed by atoms with Crippen molar-refractivity contribution in [1.29, 1.82) is 0 Å². The topological polar surface area (TPSA) is 61.0 Å². The minimum Gasteiger partial charge on any atom is -0.454 e. The number of allylic oxidation sites excluding steroid dienone is 1. The maximum Gasteiger partial charge on any atom is 0.231 e. The van der Waals surface area contributed by atoms with Gasteiger partial charge in [0.25, 0.3) is 0 Å². The second-order valence-electron chi connectivity index (χ2n) is 7.68. The largest absolute Gasteiger partial charge is 0.454 e. The van der Waals surface area contributed by atoms with Gasteiger partial charge in [-0.1, -0.05) is 12.1 Å². The van der Waals surface area contributed by atoms with Gasteiger partial charge in [0.05, 0.1) is 6.04 Å². The number of nitrogens with one attached hydrogen (secondary N) is 2. The Morgan fingerprint density at radius 1 is 0.867 bits per heavy atom. The molecule has 0 saturated heterocycles. The van der Waals surface area contributed by atoms with Crippen molar-refractivity contribution in [3.05, 3.63) is 64.4 Å². The molecule has 4 aliphatic rings. The Kier molecular flexibility index (Phi) is 4.09. The fraction of sp³-hybridized carbons (Fsp3) is 0.261. The molecule has 0 fully saturated rings. The van der Waals surface area contributed by atoms with Crippen molar-refractivity contribution < 1.29 is 18.9 Å². The van der Waals surface area contributed by atoms with Crippen LogP contribution < -0.4 is 29.6 Å². The Labute approximate surface area is 179 Å². The molecule has 3 aliphatic heterocycles. The monoisotopic (exact) mass is 420 g/mol. The molecule has 1 atom stereocenters. The predicted octanol–water partition coefficient (Wildman–Crippen LogP) is 4.18. The van der Waals surface area contributed by atoms with Gasteiger partial charge in [-0.15, -0.1) is 0 Å². The standard InChI is InChI=1S/C23H20N2O4S/c30-23-24-21-14(8-13-4-6-17-19(9-13)28-11-26-17)2-1-3-16(21)22(25-23)15-5-7-18-20(10-15)29-12-27-18/h4-10,22H,1-3,11-12H2,(H2,24,25,30)/b14-8+/t22-/m0/s1. The van der Waals surface area contributed by atoms with Crippen LogP contribution in [0.1, 0.15) is 36.4 Å². The van der Waals surface area contributed by atoms with Crippen LogP contribution in [0.3, 0.4) is 0 Å². The summed E-state index contributed by atoms with van der Waals surface area (Å²) >= 11 is 5.56. The van der Waals surface area contributed by atoms with Crippen molar-refractivity contribution in [3.63, 3.8) is 0 Å². The summed E-state index contributed by atoms with van der Waals surface area (Å²) in [6.07, 6.45) is 5.31. The third-order valence-electron chi connectivity index (χ3n) is 5.86. The van der Waals surface area contributed by atoms with Gasteiger partial charge in [-0.25, -0.2) is 0 Å². The van der Waals surface area contributed by atoms with E-state index in [1.54, 1.807) is 0 Å². The number of fused-ring (bicyclic) bond motifs is 2. The summed E-state index contributed by atoms with van der Waals surface area (Å²) in [6.45, 7) is 0.552. The van der Waals surface area contributed by atoms with Crippen LogP contribution in [-0.2, 0) is 0 Å². The van der Waals surface area contributed by atoms with E-state index in [4.69, 9.17) is 31.2 Å². The molecule has 7 heteroatoms. The van der Waals surface area contributed by atoms with E-state index in [2.05, 4.69) is 28.8 Å². The molecule has 6 nitrogen and oxygen atoms in total. The van der Waals surface area contributed by atoms with Crippen molar-refractivity contribution in [2.75, 3.05) is 13.6 Å². The molecule has 0 aromatic heterocycles. The van der Waals surface area contributed by atoms with E-state index in [1.165, 1.54) is 11.1 Å². The second-order valence-corrected chi connectivity index (χ2v) is 8.09. The van der Waals surface area contributed by atoms with E-state index in [9.17, 15) is 0 Å². The normalized spacial score (nSPS) is 22.6. The molecule has 1 aliphatic carbocycles. The SMILES string of the molecule is S=C1NC2=C(CCC/C2=C\c2ccc3c(c2)OCO3)[C@H](c2ccc3c(c2)OCO3)N1. The van der Waals surface area contributed by atoms with E-state index < -0.39 is 0 Å². The maximum atomic E-state index is 5.58. The smallest absolute Gasteiger partial charge is 0.231 e. The molecule has 6 rings (SSSR count). The first kappa shape index (κ1) is 17.7. The van der Waals surface area contributed by atoms with Gasteiger partial charge in [0.2, 0.25) is 13.6 Å². The van der Waals surface area contributed by atoms with Gasteiger partial charge in [0.15, 0.2) is 28.1 Å². The van der Waals surface area contributed by atoms with E-state index >= 15 is 0 Å². The molecule has 0 spiro atoms. The zero-order valence-corrected chi connectivity index (χ0v) is 17.0. The Bertz CT molecular complexity index is 1120. The number of hydrogen-bond acceptors (Lipinski definition) is 5. The Morgan fingerprint density at radius 3 is 2.43 bits per heavy atom. The molecule has 0 amide bonds. The lowest BCUT2D eigenvalue weighted by molar-refractivity contribution is 0.173. The Hall–Kier alpha value is -3.19. The van der Waals surface area contributed by atoms with Gasteiger partial charge < -0.3 is 29.6 Å². The molecular weight excluding hydrogens is 400 g/mol. The van der Waals surface area contributed by atoms with Gasteiger partial charge in [-0.2, -0.15) is 0 Å². The van der Waals surface area contributed by atoms with Crippen LogP contribution in [0.2, 0.25) is 0 Å². The average molecular weight is 420 g/mol. The van der Waals surface area contributed by atoms with Crippen molar-refractivity contribution in [2.24, 2.45) is 0 Å². The molecule has 2 aromatic carbocycles. The molecule has 0 saturated carbocycles. The lowest BCUT2D eigenvalue weighted by Gasteiger charge is -2.36. The molecule has 152 valence electrons. The molecular formula is C23H20N2O4S. The Morgan fingerprint density at radius 2 is 1.60 bits per heavy atom. The molecule has 3 heterocycles. The summed E-state index contributed by atoms with van der Waals surface area (Å²) in [4.78, 5) is 0. The zero-order chi connectivity index (χ0) is 20.1. The van der Waals surface area contributed by atoms with Crippen LogP contribution in [0.4, 0.5) is 0 Å². The molecule has 0 unspecified atom stereocenters. The van der Waals surface area contributed by atoms with E-state index in [0.717, 1.165) is 59.1 Å².